The van der Waals surface area contributed by atoms with Crippen LogP contribution in [0.2, 0.25) is 0 Å². The lowest BCUT2D eigenvalue weighted by molar-refractivity contribution is 0.0482. The molecule has 22 heavy (non-hydrogen) atoms. The van der Waals surface area contributed by atoms with Crippen molar-refractivity contribution in [1.29, 1.82) is 0 Å². The molecule has 3 rings (SSSR count). The number of nitrogens with zero attached hydrogens (tertiary/aromatic N) is 1. The maximum atomic E-state index is 12.9. The highest BCUT2D eigenvalue weighted by Gasteiger charge is 2.51. The van der Waals surface area contributed by atoms with Crippen LogP contribution in [-0.2, 0) is 0 Å². The molecule has 120 valence electrons. The van der Waals surface area contributed by atoms with Gasteiger partial charge in [-0.15, -0.1) is 0 Å². The Bertz CT molecular complexity index is 553. The van der Waals surface area contributed by atoms with Crippen molar-refractivity contribution in [3.63, 3.8) is 0 Å². The minimum atomic E-state index is -0.151. The summed E-state index contributed by atoms with van der Waals surface area (Å²) in [6.45, 7) is 6.67. The van der Waals surface area contributed by atoms with Gasteiger partial charge < -0.3 is 4.74 Å². The van der Waals surface area contributed by atoms with Crippen molar-refractivity contribution in [3.8, 4) is 5.75 Å². The van der Waals surface area contributed by atoms with E-state index < -0.39 is 0 Å². The molecule has 3 atom stereocenters. The summed E-state index contributed by atoms with van der Waals surface area (Å²) in [6, 6.07) is 7.77. The highest BCUT2D eigenvalue weighted by Crippen LogP contribution is 2.43. The molecule has 0 radical (unpaired) electrons. The fourth-order valence-electron chi connectivity index (χ4n) is 4.05. The van der Waals surface area contributed by atoms with Gasteiger partial charge in [0.05, 0.1) is 12.6 Å². The first kappa shape index (κ1) is 15.3. The number of methoxy groups -OCH3 is 1. The van der Waals surface area contributed by atoms with E-state index in [9.17, 15) is 4.79 Å². The van der Waals surface area contributed by atoms with Gasteiger partial charge in [-0.3, -0.25) is 9.80 Å². The Labute approximate surface area is 132 Å². The number of ether oxygens (including phenoxy) is 1. The molecule has 1 aliphatic heterocycles. The zero-order valence-electron chi connectivity index (χ0n) is 13.9. The molecule has 1 amide bonds. The summed E-state index contributed by atoms with van der Waals surface area (Å²) in [5, 5.41) is 1.86. The summed E-state index contributed by atoms with van der Waals surface area (Å²) in [5.41, 5.74) is 4.04. The molecule has 1 saturated heterocycles. The molecular formula is C18H26N2O2. The van der Waals surface area contributed by atoms with Gasteiger partial charge in [0, 0.05) is 17.5 Å². The monoisotopic (exact) mass is 302 g/mol. The molecule has 1 N–H and O–H groups in total. The molecule has 1 aromatic rings. The average molecular weight is 302 g/mol. The van der Waals surface area contributed by atoms with Gasteiger partial charge in [0.25, 0.3) is 5.91 Å². The van der Waals surface area contributed by atoms with Crippen LogP contribution < -0.4 is 10.2 Å². The number of amides is 1. The topological polar surface area (TPSA) is 41.6 Å². The standard InChI is InChI=1S/C18H26N2O2/c1-12-5-10-15-16(11-12)19-20(18(15,2)3)17(21)13-6-8-14(22-4)9-7-13/h6-9,12,15-16,19H,5,10-11H2,1-4H3/t12-,15-,16+/m1/s1. The number of benzene rings is 1. The Morgan fingerprint density at radius 3 is 2.59 bits per heavy atom. The van der Waals surface area contributed by atoms with Crippen LogP contribution >= 0.6 is 0 Å². The van der Waals surface area contributed by atoms with Crippen LogP contribution in [0.3, 0.4) is 0 Å². The molecule has 4 nitrogen and oxygen atoms in total. The van der Waals surface area contributed by atoms with E-state index in [1.54, 1.807) is 7.11 Å². The Kier molecular flexibility index (Phi) is 3.89. The van der Waals surface area contributed by atoms with Crippen LogP contribution in [0.4, 0.5) is 0 Å². The number of nitrogens with one attached hydrogen (secondary N) is 1. The fraction of sp³-hybridized carbons (Fsp3) is 0.611. The molecule has 2 aliphatic rings. The molecule has 1 aliphatic carbocycles. The first-order chi connectivity index (χ1) is 10.4. The molecule has 1 heterocycles. The average Bonchev–Trinajstić information content (AvgIpc) is 2.77. The third-order valence-electron chi connectivity index (χ3n) is 5.43. The van der Waals surface area contributed by atoms with Crippen LogP contribution in [0.15, 0.2) is 24.3 Å². The van der Waals surface area contributed by atoms with E-state index in [1.165, 1.54) is 12.8 Å². The number of hydrogen-bond donors (Lipinski definition) is 1. The second kappa shape index (κ2) is 5.58. The predicted molar refractivity (Wildman–Crippen MR) is 86.7 cm³/mol. The van der Waals surface area contributed by atoms with Crippen molar-refractivity contribution < 1.29 is 9.53 Å². The SMILES string of the molecule is COc1ccc(C(=O)N2N[C@H]3C[C@H](C)CC[C@H]3C2(C)C)cc1. The van der Waals surface area contributed by atoms with Gasteiger partial charge in [0.2, 0.25) is 0 Å². The third kappa shape index (κ3) is 2.50. The first-order valence-electron chi connectivity index (χ1n) is 8.18. The van der Waals surface area contributed by atoms with Crippen molar-refractivity contribution >= 4 is 5.91 Å². The normalized spacial score (nSPS) is 30.0. The number of hydrogen-bond acceptors (Lipinski definition) is 3. The fourth-order valence-corrected chi connectivity index (χ4v) is 4.05. The lowest BCUT2D eigenvalue weighted by atomic mass is 9.72. The van der Waals surface area contributed by atoms with Crippen molar-refractivity contribution in [2.75, 3.05) is 7.11 Å². The lowest BCUT2D eigenvalue weighted by Gasteiger charge is -2.37. The predicted octanol–water partition coefficient (Wildman–Crippen LogP) is 3.24. The minimum Gasteiger partial charge on any atom is -0.497 e. The van der Waals surface area contributed by atoms with Crippen LogP contribution in [0.5, 0.6) is 5.75 Å². The molecule has 0 aromatic heterocycles. The van der Waals surface area contributed by atoms with E-state index in [0.29, 0.717) is 17.5 Å². The highest BCUT2D eigenvalue weighted by molar-refractivity contribution is 5.94. The summed E-state index contributed by atoms with van der Waals surface area (Å²) in [4.78, 5) is 12.9. The zero-order chi connectivity index (χ0) is 15.9. The number of rotatable bonds is 2. The quantitative estimate of drug-likeness (QED) is 0.912. The Morgan fingerprint density at radius 2 is 1.95 bits per heavy atom. The van der Waals surface area contributed by atoms with Crippen LogP contribution in [0, 0.1) is 11.8 Å². The first-order valence-corrected chi connectivity index (χ1v) is 8.18. The summed E-state index contributed by atoms with van der Waals surface area (Å²) < 4.78 is 5.16. The largest absolute Gasteiger partial charge is 0.497 e. The highest BCUT2D eigenvalue weighted by atomic mass is 16.5. The summed E-state index contributed by atoms with van der Waals surface area (Å²) in [5.74, 6) is 2.09. The Balaban J connectivity index is 1.82. The Hall–Kier alpha value is -1.55. The second-order valence-electron chi connectivity index (χ2n) is 7.28. The molecule has 0 bridgehead atoms. The number of carbonyl (C=O) groups excluding carboxylic acids is 1. The number of hydrazine groups is 1. The molecule has 0 unspecified atom stereocenters. The maximum Gasteiger partial charge on any atom is 0.268 e. The molecule has 2 fully saturated rings. The van der Waals surface area contributed by atoms with E-state index in [2.05, 4.69) is 26.2 Å². The minimum absolute atomic E-state index is 0.0507. The van der Waals surface area contributed by atoms with Gasteiger partial charge in [-0.05, 0) is 56.9 Å². The lowest BCUT2D eigenvalue weighted by Crippen LogP contribution is -2.50. The van der Waals surface area contributed by atoms with Crippen LogP contribution in [0.25, 0.3) is 0 Å². The van der Waals surface area contributed by atoms with Crippen LogP contribution in [-0.4, -0.2) is 29.6 Å². The van der Waals surface area contributed by atoms with Gasteiger partial charge in [-0.2, -0.15) is 0 Å². The molecule has 1 saturated carbocycles. The van der Waals surface area contributed by atoms with Crippen molar-refractivity contribution in [1.82, 2.24) is 10.4 Å². The van der Waals surface area contributed by atoms with E-state index in [4.69, 9.17) is 4.74 Å². The second-order valence-corrected chi connectivity index (χ2v) is 7.28. The number of fused-ring (bicyclic) bond motifs is 1. The smallest absolute Gasteiger partial charge is 0.268 e. The molecule has 4 heteroatoms. The zero-order valence-corrected chi connectivity index (χ0v) is 13.9. The molecule has 0 spiro atoms. The number of carbonyl (C=O) groups is 1. The maximum absolute atomic E-state index is 12.9. The van der Waals surface area contributed by atoms with Gasteiger partial charge in [0.1, 0.15) is 5.75 Å². The summed E-state index contributed by atoms with van der Waals surface area (Å²) >= 11 is 0. The van der Waals surface area contributed by atoms with Crippen LogP contribution in [0.1, 0.15) is 50.4 Å². The van der Waals surface area contributed by atoms with Gasteiger partial charge in [0.15, 0.2) is 0 Å². The van der Waals surface area contributed by atoms with E-state index in [1.807, 2.05) is 29.3 Å². The van der Waals surface area contributed by atoms with Crippen molar-refractivity contribution in [2.24, 2.45) is 11.8 Å². The van der Waals surface area contributed by atoms with Crippen molar-refractivity contribution in [2.45, 2.75) is 51.6 Å². The van der Waals surface area contributed by atoms with Crippen molar-refractivity contribution in [3.05, 3.63) is 29.8 Å². The summed E-state index contributed by atoms with van der Waals surface area (Å²) in [7, 11) is 1.63. The molecule has 1 aromatic carbocycles. The van der Waals surface area contributed by atoms with Gasteiger partial charge in [-0.1, -0.05) is 13.3 Å². The Morgan fingerprint density at radius 1 is 1.27 bits per heavy atom. The van der Waals surface area contributed by atoms with Gasteiger partial charge >= 0.3 is 0 Å². The van der Waals surface area contributed by atoms with Gasteiger partial charge in [-0.25, -0.2) is 5.43 Å². The summed E-state index contributed by atoms with van der Waals surface area (Å²) in [6.07, 6.45) is 3.61. The molecular weight excluding hydrogens is 276 g/mol. The van der Waals surface area contributed by atoms with E-state index in [0.717, 1.165) is 18.1 Å². The third-order valence-corrected chi connectivity index (χ3v) is 5.43. The van der Waals surface area contributed by atoms with E-state index >= 15 is 0 Å². The van der Waals surface area contributed by atoms with E-state index in [-0.39, 0.29) is 11.4 Å².